The number of hydrogen-bond donors (Lipinski definition) is 1. The van der Waals surface area contributed by atoms with Gasteiger partial charge in [-0.1, -0.05) is 0 Å². The van der Waals surface area contributed by atoms with Gasteiger partial charge in [0.15, 0.2) is 5.69 Å². The standard InChI is InChI=1S/C19H18FN3O3/c1-23-17(15-10-12(20)4-9-18(15)26-3)11-16(22-23)19(24)21-13-5-7-14(25-2)8-6-13/h4-11H,1-3H3,(H,21,24). The molecule has 26 heavy (non-hydrogen) atoms. The van der Waals surface area contributed by atoms with Gasteiger partial charge in [-0.05, 0) is 48.5 Å². The summed E-state index contributed by atoms with van der Waals surface area (Å²) in [6.45, 7) is 0. The van der Waals surface area contributed by atoms with Crippen molar-refractivity contribution >= 4 is 11.6 Å². The van der Waals surface area contributed by atoms with Crippen molar-refractivity contribution in [3.8, 4) is 22.8 Å². The van der Waals surface area contributed by atoms with E-state index in [1.807, 2.05) is 0 Å². The van der Waals surface area contributed by atoms with Crippen LogP contribution in [-0.2, 0) is 7.05 Å². The number of hydrogen-bond acceptors (Lipinski definition) is 4. The number of carbonyl (C=O) groups is 1. The Morgan fingerprint density at radius 1 is 1.08 bits per heavy atom. The molecule has 0 spiro atoms. The molecule has 0 unspecified atom stereocenters. The van der Waals surface area contributed by atoms with Crippen LogP contribution >= 0.6 is 0 Å². The summed E-state index contributed by atoms with van der Waals surface area (Å²) in [6.07, 6.45) is 0. The summed E-state index contributed by atoms with van der Waals surface area (Å²) in [5, 5.41) is 6.99. The third kappa shape index (κ3) is 3.51. The van der Waals surface area contributed by atoms with Gasteiger partial charge in [0.2, 0.25) is 0 Å². The summed E-state index contributed by atoms with van der Waals surface area (Å²) in [7, 11) is 4.76. The minimum atomic E-state index is -0.397. The van der Waals surface area contributed by atoms with Gasteiger partial charge in [0.05, 0.1) is 19.9 Å². The Hall–Kier alpha value is -3.35. The van der Waals surface area contributed by atoms with Crippen molar-refractivity contribution in [3.05, 3.63) is 60.0 Å². The molecule has 7 heteroatoms. The molecule has 6 nitrogen and oxygen atoms in total. The Balaban J connectivity index is 1.87. The molecule has 1 amide bonds. The van der Waals surface area contributed by atoms with Crippen molar-refractivity contribution in [1.82, 2.24) is 9.78 Å². The number of nitrogens with one attached hydrogen (secondary N) is 1. The van der Waals surface area contributed by atoms with E-state index in [0.717, 1.165) is 0 Å². The van der Waals surface area contributed by atoms with Crippen LogP contribution in [0, 0.1) is 5.82 Å². The molecule has 0 aliphatic carbocycles. The van der Waals surface area contributed by atoms with Crippen molar-refractivity contribution in [3.63, 3.8) is 0 Å². The quantitative estimate of drug-likeness (QED) is 0.761. The van der Waals surface area contributed by atoms with Crippen LogP contribution in [0.4, 0.5) is 10.1 Å². The third-order valence-corrected chi connectivity index (χ3v) is 3.90. The maximum absolute atomic E-state index is 13.6. The normalized spacial score (nSPS) is 10.5. The first-order valence-electron chi connectivity index (χ1n) is 7.85. The molecule has 0 aliphatic rings. The van der Waals surface area contributed by atoms with Crippen molar-refractivity contribution in [2.45, 2.75) is 0 Å². The number of methoxy groups -OCH3 is 2. The van der Waals surface area contributed by atoms with Gasteiger partial charge in [-0.25, -0.2) is 4.39 Å². The van der Waals surface area contributed by atoms with Crippen LogP contribution in [0.1, 0.15) is 10.5 Å². The average molecular weight is 355 g/mol. The molecule has 2 aromatic carbocycles. The highest BCUT2D eigenvalue weighted by molar-refractivity contribution is 6.03. The zero-order chi connectivity index (χ0) is 18.7. The molecule has 1 heterocycles. The highest BCUT2D eigenvalue weighted by atomic mass is 19.1. The van der Waals surface area contributed by atoms with Gasteiger partial charge in [-0.15, -0.1) is 0 Å². The van der Waals surface area contributed by atoms with E-state index in [9.17, 15) is 9.18 Å². The first-order chi connectivity index (χ1) is 12.5. The molecule has 134 valence electrons. The molecular weight excluding hydrogens is 337 g/mol. The van der Waals surface area contributed by atoms with Gasteiger partial charge >= 0.3 is 0 Å². The first kappa shape index (κ1) is 17.5. The summed E-state index contributed by atoms with van der Waals surface area (Å²) in [5.74, 6) is 0.427. The van der Waals surface area contributed by atoms with E-state index in [1.54, 1.807) is 44.5 Å². The largest absolute Gasteiger partial charge is 0.497 e. The lowest BCUT2D eigenvalue weighted by atomic mass is 10.1. The number of anilines is 1. The van der Waals surface area contributed by atoms with Crippen molar-refractivity contribution in [2.24, 2.45) is 7.05 Å². The highest BCUT2D eigenvalue weighted by Gasteiger charge is 2.17. The monoisotopic (exact) mass is 355 g/mol. The van der Waals surface area contributed by atoms with Crippen LogP contribution in [-0.4, -0.2) is 29.9 Å². The number of aryl methyl sites for hydroxylation is 1. The number of amides is 1. The molecule has 3 aromatic rings. The van der Waals surface area contributed by atoms with Crippen LogP contribution in [0.25, 0.3) is 11.3 Å². The zero-order valence-electron chi connectivity index (χ0n) is 14.6. The minimum absolute atomic E-state index is 0.213. The lowest BCUT2D eigenvalue weighted by Gasteiger charge is -2.08. The Morgan fingerprint density at radius 2 is 1.81 bits per heavy atom. The molecule has 1 N–H and O–H groups in total. The second-order valence-corrected chi connectivity index (χ2v) is 5.57. The van der Waals surface area contributed by atoms with E-state index in [2.05, 4.69) is 10.4 Å². The smallest absolute Gasteiger partial charge is 0.276 e. The summed E-state index contributed by atoms with van der Waals surface area (Å²) in [4.78, 5) is 12.5. The van der Waals surface area contributed by atoms with E-state index < -0.39 is 5.82 Å². The SMILES string of the molecule is COc1ccc(NC(=O)c2cc(-c3cc(F)ccc3OC)n(C)n2)cc1. The van der Waals surface area contributed by atoms with E-state index >= 15 is 0 Å². The number of ether oxygens (including phenoxy) is 2. The second-order valence-electron chi connectivity index (χ2n) is 5.57. The first-order valence-corrected chi connectivity index (χ1v) is 7.85. The predicted octanol–water partition coefficient (Wildman–Crippen LogP) is 3.50. The van der Waals surface area contributed by atoms with Crippen LogP contribution in [0.5, 0.6) is 11.5 Å². The predicted molar refractivity (Wildman–Crippen MR) is 96.1 cm³/mol. The molecule has 0 fully saturated rings. The van der Waals surface area contributed by atoms with Gasteiger partial charge in [0, 0.05) is 18.3 Å². The lowest BCUT2D eigenvalue weighted by Crippen LogP contribution is -2.12. The molecule has 0 saturated heterocycles. The fourth-order valence-corrected chi connectivity index (χ4v) is 2.58. The number of benzene rings is 2. The Bertz CT molecular complexity index is 936. The third-order valence-electron chi connectivity index (χ3n) is 3.90. The van der Waals surface area contributed by atoms with E-state index in [4.69, 9.17) is 9.47 Å². The van der Waals surface area contributed by atoms with E-state index in [1.165, 1.54) is 30.0 Å². The molecule has 0 aliphatic heterocycles. The Morgan fingerprint density at radius 3 is 2.46 bits per heavy atom. The fraction of sp³-hybridized carbons (Fsp3) is 0.158. The maximum Gasteiger partial charge on any atom is 0.276 e. The van der Waals surface area contributed by atoms with E-state index in [-0.39, 0.29) is 11.6 Å². The maximum atomic E-state index is 13.6. The van der Waals surface area contributed by atoms with Gasteiger partial charge in [-0.3, -0.25) is 9.48 Å². The van der Waals surface area contributed by atoms with Crippen molar-refractivity contribution < 1.29 is 18.7 Å². The number of aromatic nitrogens is 2. The molecule has 0 radical (unpaired) electrons. The molecule has 0 saturated carbocycles. The average Bonchev–Trinajstić information content (AvgIpc) is 3.04. The number of halogens is 1. The molecule has 0 atom stereocenters. The molecule has 3 rings (SSSR count). The van der Waals surface area contributed by atoms with Gasteiger partial charge in [0.1, 0.15) is 17.3 Å². The fourth-order valence-electron chi connectivity index (χ4n) is 2.58. The zero-order valence-corrected chi connectivity index (χ0v) is 14.6. The van der Waals surface area contributed by atoms with Crippen LogP contribution in [0.3, 0.4) is 0 Å². The number of nitrogens with zero attached hydrogens (tertiary/aromatic N) is 2. The van der Waals surface area contributed by atoms with E-state index in [0.29, 0.717) is 28.4 Å². The van der Waals surface area contributed by atoms with Crippen molar-refractivity contribution in [2.75, 3.05) is 19.5 Å². The lowest BCUT2D eigenvalue weighted by molar-refractivity contribution is 0.102. The molecule has 0 bridgehead atoms. The summed E-state index contributed by atoms with van der Waals surface area (Å²) in [6, 6.07) is 12.8. The highest BCUT2D eigenvalue weighted by Crippen LogP contribution is 2.31. The minimum Gasteiger partial charge on any atom is -0.497 e. The van der Waals surface area contributed by atoms with Crippen LogP contribution < -0.4 is 14.8 Å². The number of carbonyl (C=O) groups excluding carboxylic acids is 1. The Labute approximate surface area is 150 Å². The molecule has 1 aromatic heterocycles. The van der Waals surface area contributed by atoms with Crippen LogP contribution in [0.15, 0.2) is 48.5 Å². The van der Waals surface area contributed by atoms with Gasteiger partial charge in [0.25, 0.3) is 5.91 Å². The van der Waals surface area contributed by atoms with Crippen LogP contribution in [0.2, 0.25) is 0 Å². The number of rotatable bonds is 5. The second kappa shape index (κ2) is 7.26. The topological polar surface area (TPSA) is 65.4 Å². The Kier molecular flexibility index (Phi) is 4.88. The van der Waals surface area contributed by atoms with Gasteiger partial charge < -0.3 is 14.8 Å². The summed E-state index contributed by atoms with van der Waals surface area (Å²) >= 11 is 0. The summed E-state index contributed by atoms with van der Waals surface area (Å²) < 4.78 is 25.5. The molecular formula is C19H18FN3O3. The van der Waals surface area contributed by atoms with Crippen molar-refractivity contribution in [1.29, 1.82) is 0 Å². The summed E-state index contributed by atoms with van der Waals surface area (Å²) in [5.41, 5.74) is 1.92. The van der Waals surface area contributed by atoms with Gasteiger partial charge in [-0.2, -0.15) is 5.10 Å².